The van der Waals surface area contributed by atoms with E-state index in [0.717, 1.165) is 64.6 Å². The lowest BCUT2D eigenvalue weighted by molar-refractivity contribution is -0.117. The van der Waals surface area contributed by atoms with Crippen LogP contribution in [0.4, 0.5) is 5.13 Å². The SMILES string of the molecule is Cc1nc(NC(=O)CN2CCN(C)CC2)sc1-c1ccc2c(C=Cc3ccccn3)n[nH]c2c1. The maximum Gasteiger partial charge on any atom is 0.240 e. The zero-order valence-electron chi connectivity index (χ0n) is 19.3. The Labute approximate surface area is 202 Å². The van der Waals surface area contributed by atoms with Crippen molar-refractivity contribution in [2.45, 2.75) is 6.92 Å². The van der Waals surface area contributed by atoms with Gasteiger partial charge in [0, 0.05) is 37.8 Å². The Bertz CT molecular complexity index is 1320. The summed E-state index contributed by atoms with van der Waals surface area (Å²) in [5.74, 6) is -0.0155. The molecule has 5 rings (SSSR count). The molecular formula is C25H27N7OS. The van der Waals surface area contributed by atoms with Crippen molar-refractivity contribution in [2.75, 3.05) is 45.1 Å². The summed E-state index contributed by atoms with van der Waals surface area (Å²) in [7, 11) is 2.11. The highest BCUT2D eigenvalue weighted by atomic mass is 32.1. The molecule has 0 unspecified atom stereocenters. The summed E-state index contributed by atoms with van der Waals surface area (Å²) in [6.07, 6.45) is 5.69. The number of pyridine rings is 1. The number of rotatable bonds is 6. The van der Waals surface area contributed by atoms with E-state index in [0.29, 0.717) is 11.7 Å². The smallest absolute Gasteiger partial charge is 0.240 e. The topological polar surface area (TPSA) is 90.0 Å². The van der Waals surface area contributed by atoms with E-state index in [1.54, 1.807) is 6.20 Å². The molecule has 0 aliphatic carbocycles. The molecule has 1 amide bonds. The largest absolute Gasteiger partial charge is 0.304 e. The van der Waals surface area contributed by atoms with Crippen LogP contribution in [0, 0.1) is 6.92 Å². The van der Waals surface area contributed by atoms with Crippen LogP contribution in [0.1, 0.15) is 17.1 Å². The first-order valence-electron chi connectivity index (χ1n) is 11.3. The first-order chi connectivity index (χ1) is 16.5. The molecule has 0 saturated carbocycles. The second kappa shape index (κ2) is 9.84. The summed E-state index contributed by atoms with van der Waals surface area (Å²) < 4.78 is 0. The molecule has 34 heavy (non-hydrogen) atoms. The van der Waals surface area contributed by atoms with Crippen molar-refractivity contribution in [1.29, 1.82) is 0 Å². The molecule has 1 aliphatic rings. The van der Waals surface area contributed by atoms with Crippen LogP contribution in [-0.4, -0.2) is 75.6 Å². The lowest BCUT2D eigenvalue weighted by Crippen LogP contribution is -2.47. The van der Waals surface area contributed by atoms with Gasteiger partial charge in [-0.25, -0.2) is 4.98 Å². The molecule has 1 fully saturated rings. The molecule has 174 valence electrons. The van der Waals surface area contributed by atoms with Crippen molar-refractivity contribution in [2.24, 2.45) is 0 Å². The third-order valence-electron chi connectivity index (χ3n) is 5.96. The third kappa shape index (κ3) is 5.06. The molecule has 3 aromatic heterocycles. The van der Waals surface area contributed by atoms with Crippen LogP contribution in [0.15, 0.2) is 42.6 Å². The molecule has 8 nitrogen and oxygen atoms in total. The molecular weight excluding hydrogens is 446 g/mol. The van der Waals surface area contributed by atoms with Crippen LogP contribution < -0.4 is 5.32 Å². The summed E-state index contributed by atoms with van der Waals surface area (Å²) in [4.78, 5) is 26.9. The molecule has 2 N–H and O–H groups in total. The fourth-order valence-electron chi connectivity index (χ4n) is 4.03. The number of benzene rings is 1. The number of nitrogens with one attached hydrogen (secondary N) is 2. The molecule has 1 aliphatic heterocycles. The quantitative estimate of drug-likeness (QED) is 0.443. The van der Waals surface area contributed by atoms with Gasteiger partial charge in [-0.3, -0.25) is 19.8 Å². The average Bonchev–Trinajstić information content (AvgIpc) is 3.42. The molecule has 9 heteroatoms. The Hall–Kier alpha value is -3.40. The Morgan fingerprint density at radius 1 is 1.18 bits per heavy atom. The van der Waals surface area contributed by atoms with E-state index >= 15 is 0 Å². The number of fused-ring (bicyclic) bond motifs is 1. The number of aromatic amines is 1. The molecule has 0 bridgehead atoms. The Balaban J connectivity index is 1.29. The predicted octanol–water partition coefficient (Wildman–Crippen LogP) is 3.75. The van der Waals surface area contributed by atoms with Crippen LogP contribution in [0.25, 0.3) is 33.5 Å². The number of hydrogen-bond acceptors (Lipinski definition) is 7. The number of carbonyl (C=O) groups excluding carboxylic acids is 1. The van der Waals surface area contributed by atoms with Crippen LogP contribution in [0.3, 0.4) is 0 Å². The minimum absolute atomic E-state index is 0.0155. The van der Waals surface area contributed by atoms with Crippen molar-refractivity contribution < 1.29 is 4.79 Å². The number of thiazole rings is 1. The monoisotopic (exact) mass is 473 g/mol. The molecule has 0 atom stereocenters. The Kier molecular flexibility index (Phi) is 6.48. The predicted molar refractivity (Wildman–Crippen MR) is 138 cm³/mol. The van der Waals surface area contributed by atoms with E-state index in [1.807, 2.05) is 37.3 Å². The van der Waals surface area contributed by atoms with Gasteiger partial charge in [-0.2, -0.15) is 5.10 Å². The van der Waals surface area contributed by atoms with Crippen LogP contribution in [-0.2, 0) is 4.79 Å². The summed E-state index contributed by atoms with van der Waals surface area (Å²) >= 11 is 1.50. The zero-order valence-corrected chi connectivity index (χ0v) is 20.1. The number of amides is 1. The fourth-order valence-corrected chi connectivity index (χ4v) is 5.01. The first-order valence-corrected chi connectivity index (χ1v) is 12.1. The average molecular weight is 474 g/mol. The van der Waals surface area contributed by atoms with Gasteiger partial charge in [0.15, 0.2) is 5.13 Å². The maximum absolute atomic E-state index is 12.5. The minimum Gasteiger partial charge on any atom is -0.304 e. The summed E-state index contributed by atoms with van der Waals surface area (Å²) in [5.41, 5.74) is 4.65. The summed E-state index contributed by atoms with van der Waals surface area (Å²) in [6, 6.07) is 12.0. The number of nitrogens with zero attached hydrogens (tertiary/aromatic N) is 5. The van der Waals surface area contributed by atoms with E-state index in [1.165, 1.54) is 11.3 Å². The van der Waals surface area contributed by atoms with Gasteiger partial charge >= 0.3 is 0 Å². The Morgan fingerprint density at radius 3 is 2.82 bits per heavy atom. The second-order valence-corrected chi connectivity index (χ2v) is 9.52. The number of carbonyl (C=O) groups is 1. The number of likely N-dealkylation sites (N-methyl/N-ethyl adjacent to an activating group) is 1. The molecule has 4 heterocycles. The van der Waals surface area contributed by atoms with Crippen molar-refractivity contribution in [3.05, 3.63) is 59.7 Å². The van der Waals surface area contributed by atoms with E-state index in [-0.39, 0.29) is 5.91 Å². The van der Waals surface area contributed by atoms with Gasteiger partial charge in [-0.05, 0) is 56.0 Å². The van der Waals surface area contributed by atoms with Gasteiger partial charge in [0.2, 0.25) is 5.91 Å². The lowest BCUT2D eigenvalue weighted by Gasteiger charge is -2.31. The molecule has 0 radical (unpaired) electrons. The maximum atomic E-state index is 12.5. The first kappa shape index (κ1) is 22.4. The number of aromatic nitrogens is 4. The van der Waals surface area contributed by atoms with Gasteiger partial charge in [0.25, 0.3) is 0 Å². The molecule has 1 aromatic carbocycles. The number of hydrogen-bond donors (Lipinski definition) is 2. The van der Waals surface area contributed by atoms with E-state index in [2.05, 4.69) is 60.5 Å². The highest BCUT2D eigenvalue weighted by molar-refractivity contribution is 7.19. The zero-order chi connectivity index (χ0) is 23.5. The van der Waals surface area contributed by atoms with Gasteiger partial charge in [0.1, 0.15) is 0 Å². The van der Waals surface area contributed by atoms with Crippen molar-refractivity contribution in [3.63, 3.8) is 0 Å². The lowest BCUT2D eigenvalue weighted by atomic mass is 10.1. The van der Waals surface area contributed by atoms with Crippen LogP contribution >= 0.6 is 11.3 Å². The highest BCUT2D eigenvalue weighted by Gasteiger charge is 2.18. The van der Waals surface area contributed by atoms with Crippen LogP contribution in [0.2, 0.25) is 0 Å². The fraction of sp³-hybridized carbons (Fsp3) is 0.280. The summed E-state index contributed by atoms with van der Waals surface area (Å²) in [5, 5.41) is 12.2. The van der Waals surface area contributed by atoms with E-state index in [9.17, 15) is 4.79 Å². The van der Waals surface area contributed by atoms with Gasteiger partial charge < -0.3 is 10.2 Å². The number of aryl methyl sites for hydroxylation is 1. The Morgan fingerprint density at radius 2 is 2.03 bits per heavy atom. The standard InChI is InChI=1S/C25H27N7OS/c1-17-24(34-25(27-17)28-23(33)16-32-13-11-31(2)12-14-32)18-6-8-20-21(29-30-22(20)15-18)9-7-19-5-3-4-10-26-19/h3-10,15H,11-14,16H2,1-2H3,(H,29,30)(H,27,28,33). The van der Waals surface area contributed by atoms with Crippen molar-refractivity contribution >= 4 is 45.4 Å². The number of piperazine rings is 1. The summed E-state index contributed by atoms with van der Waals surface area (Å²) in [6.45, 7) is 6.18. The van der Waals surface area contributed by atoms with Gasteiger partial charge in [-0.1, -0.05) is 23.5 Å². The minimum atomic E-state index is -0.0155. The molecule has 4 aromatic rings. The van der Waals surface area contributed by atoms with Crippen molar-refractivity contribution in [1.82, 2.24) is 30.0 Å². The second-order valence-electron chi connectivity index (χ2n) is 8.52. The third-order valence-corrected chi connectivity index (χ3v) is 7.08. The van der Waals surface area contributed by atoms with Gasteiger partial charge in [0.05, 0.1) is 34.0 Å². The number of H-pyrrole nitrogens is 1. The van der Waals surface area contributed by atoms with Crippen molar-refractivity contribution in [3.8, 4) is 10.4 Å². The molecule has 0 spiro atoms. The normalized spacial score (nSPS) is 15.4. The van der Waals surface area contributed by atoms with Gasteiger partial charge in [-0.15, -0.1) is 0 Å². The number of anilines is 1. The van der Waals surface area contributed by atoms with E-state index < -0.39 is 0 Å². The highest BCUT2D eigenvalue weighted by Crippen LogP contribution is 2.34. The van der Waals surface area contributed by atoms with Crippen LogP contribution in [0.5, 0.6) is 0 Å². The molecule has 1 saturated heterocycles. The van der Waals surface area contributed by atoms with E-state index in [4.69, 9.17) is 0 Å².